The van der Waals surface area contributed by atoms with Gasteiger partial charge in [-0.2, -0.15) is 0 Å². The van der Waals surface area contributed by atoms with E-state index in [2.05, 4.69) is 13.0 Å². The van der Waals surface area contributed by atoms with Gasteiger partial charge in [-0.15, -0.1) is 0 Å². The molecule has 1 aromatic rings. The minimum Gasteiger partial charge on any atom is -0.504 e. The number of rotatable bonds is 11. The highest BCUT2D eigenvalue weighted by atomic mass is 16.5. The minimum atomic E-state index is -0.599. The van der Waals surface area contributed by atoms with Crippen LogP contribution in [0.5, 0.6) is 17.2 Å². The molecule has 0 unspecified atom stereocenters. The first-order valence-electron chi connectivity index (χ1n) is 10.4. The second kappa shape index (κ2) is 10.5. The van der Waals surface area contributed by atoms with Gasteiger partial charge < -0.3 is 24.4 Å². The molecule has 0 fully saturated rings. The molecule has 1 aliphatic heterocycles. The minimum absolute atomic E-state index is 0.0384. The van der Waals surface area contributed by atoms with Crippen molar-refractivity contribution in [1.82, 2.24) is 0 Å². The van der Waals surface area contributed by atoms with Crippen LogP contribution >= 0.6 is 0 Å². The maximum Gasteiger partial charge on any atom is 0.339 e. The third-order valence-electron chi connectivity index (χ3n) is 5.16. The first kappa shape index (κ1) is 23.8. The number of phenols is 1. The molecule has 0 aliphatic carbocycles. The van der Waals surface area contributed by atoms with Gasteiger partial charge in [-0.1, -0.05) is 17.2 Å². The predicted octanol–water partition coefficient (Wildman–Crippen LogP) is 5.06. The van der Waals surface area contributed by atoms with Gasteiger partial charge in [-0.3, -0.25) is 0 Å². The Morgan fingerprint density at radius 1 is 1.23 bits per heavy atom. The molecule has 0 radical (unpaired) electrons. The maximum atomic E-state index is 11.7. The van der Waals surface area contributed by atoms with Crippen molar-refractivity contribution in [2.24, 2.45) is 0 Å². The van der Waals surface area contributed by atoms with Crippen LogP contribution < -0.4 is 9.47 Å². The number of aromatic hydroxyl groups is 1. The smallest absolute Gasteiger partial charge is 0.339 e. The van der Waals surface area contributed by atoms with Crippen molar-refractivity contribution in [3.63, 3.8) is 0 Å². The highest BCUT2D eigenvalue weighted by Crippen LogP contribution is 2.44. The summed E-state index contributed by atoms with van der Waals surface area (Å²) in [4.78, 5) is 11.7. The van der Waals surface area contributed by atoms with Crippen molar-refractivity contribution >= 4 is 5.97 Å². The standard InChI is InChI=1S/C24H34O6/c1-16(10-7-12-24(3,4)27)8-6-9-17(2)11-13-29-22-20(28-5)14-18-19(21(22)25)15-30-23(18)26/h8,11,14,25,27H,6-7,9-10,12-13,15H2,1-5H3. The third kappa shape index (κ3) is 6.80. The lowest BCUT2D eigenvalue weighted by molar-refractivity contribution is 0.0533. The number of carbonyl (C=O) groups is 1. The van der Waals surface area contributed by atoms with Gasteiger partial charge in [0, 0.05) is 5.56 Å². The van der Waals surface area contributed by atoms with E-state index in [0.717, 1.165) is 32.1 Å². The van der Waals surface area contributed by atoms with E-state index in [1.807, 2.05) is 26.8 Å². The summed E-state index contributed by atoms with van der Waals surface area (Å²) in [5, 5.41) is 20.2. The van der Waals surface area contributed by atoms with Crippen molar-refractivity contribution in [2.75, 3.05) is 13.7 Å². The lowest BCUT2D eigenvalue weighted by Gasteiger charge is -2.16. The van der Waals surface area contributed by atoms with Crippen LogP contribution in [0.1, 0.15) is 75.7 Å². The normalized spacial score (nSPS) is 14.5. The van der Waals surface area contributed by atoms with Crippen molar-refractivity contribution < 1.29 is 29.2 Å². The average Bonchev–Trinajstić information content (AvgIpc) is 3.03. The summed E-state index contributed by atoms with van der Waals surface area (Å²) in [5.41, 5.74) is 2.68. The van der Waals surface area contributed by atoms with Crippen molar-refractivity contribution in [3.05, 3.63) is 40.5 Å². The monoisotopic (exact) mass is 418 g/mol. The number of benzene rings is 1. The molecule has 2 rings (SSSR count). The van der Waals surface area contributed by atoms with Crippen LogP contribution in [0, 0.1) is 0 Å². The average molecular weight is 419 g/mol. The Morgan fingerprint density at radius 3 is 2.60 bits per heavy atom. The number of ether oxygens (including phenoxy) is 3. The van der Waals surface area contributed by atoms with Gasteiger partial charge in [0.15, 0.2) is 11.5 Å². The molecule has 0 atom stereocenters. The summed E-state index contributed by atoms with van der Waals surface area (Å²) in [6.07, 6.45) is 8.87. The quantitative estimate of drug-likeness (QED) is 0.386. The van der Waals surface area contributed by atoms with Crippen LogP contribution in [0.25, 0.3) is 0 Å². The van der Waals surface area contributed by atoms with Crippen LogP contribution in [-0.4, -0.2) is 35.5 Å². The first-order valence-corrected chi connectivity index (χ1v) is 10.4. The molecular formula is C24H34O6. The van der Waals surface area contributed by atoms with Gasteiger partial charge >= 0.3 is 5.97 Å². The van der Waals surface area contributed by atoms with Crippen molar-refractivity contribution in [2.45, 2.75) is 72.0 Å². The second-order valence-electron chi connectivity index (χ2n) is 8.48. The van der Waals surface area contributed by atoms with Crippen LogP contribution in [-0.2, 0) is 11.3 Å². The van der Waals surface area contributed by atoms with Crippen LogP contribution in [0.15, 0.2) is 29.4 Å². The molecule has 0 saturated heterocycles. The Morgan fingerprint density at radius 2 is 1.93 bits per heavy atom. The van der Waals surface area contributed by atoms with Gasteiger partial charge in [0.1, 0.15) is 13.2 Å². The molecule has 0 saturated carbocycles. The van der Waals surface area contributed by atoms with E-state index in [1.165, 1.54) is 18.3 Å². The van der Waals surface area contributed by atoms with Crippen LogP contribution in [0.3, 0.4) is 0 Å². The molecule has 166 valence electrons. The molecule has 1 aromatic carbocycles. The molecule has 0 bridgehead atoms. The summed E-state index contributed by atoms with van der Waals surface area (Å²) in [7, 11) is 1.46. The highest BCUT2D eigenvalue weighted by Gasteiger charge is 2.29. The van der Waals surface area contributed by atoms with E-state index in [1.54, 1.807) is 6.07 Å². The molecule has 0 aromatic heterocycles. The van der Waals surface area contributed by atoms with Gasteiger partial charge in [0.05, 0.1) is 18.3 Å². The lowest BCUT2D eigenvalue weighted by atomic mass is 9.99. The number of cyclic esters (lactones) is 1. The number of phenolic OH excluding ortho intramolecular Hbond substituents is 1. The van der Waals surface area contributed by atoms with Gasteiger partial charge in [-0.25, -0.2) is 4.79 Å². The van der Waals surface area contributed by atoms with Gasteiger partial charge in [-0.05, 0) is 71.9 Å². The number of aliphatic hydroxyl groups is 1. The number of methoxy groups -OCH3 is 1. The zero-order chi connectivity index (χ0) is 22.3. The summed E-state index contributed by atoms with van der Waals surface area (Å²) in [6, 6.07) is 1.54. The molecule has 6 nitrogen and oxygen atoms in total. The Balaban J connectivity index is 1.86. The number of hydrogen-bond acceptors (Lipinski definition) is 6. The molecule has 30 heavy (non-hydrogen) atoms. The number of allylic oxidation sites excluding steroid dienone is 3. The summed E-state index contributed by atoms with van der Waals surface area (Å²) < 4.78 is 16.0. The van der Waals surface area contributed by atoms with E-state index < -0.39 is 11.6 Å². The first-order chi connectivity index (χ1) is 14.1. The largest absolute Gasteiger partial charge is 0.504 e. The SMILES string of the molecule is COc1cc2c(c(O)c1OCC=C(C)CCC=C(C)CCCC(C)(C)O)COC2=O. The fraction of sp³-hybridized carbons (Fsp3) is 0.542. The van der Waals surface area contributed by atoms with Crippen LogP contribution in [0.4, 0.5) is 0 Å². The zero-order valence-electron chi connectivity index (χ0n) is 18.7. The molecule has 2 N–H and O–H groups in total. The Kier molecular flexibility index (Phi) is 8.35. The number of fused-ring (bicyclic) bond motifs is 1. The second-order valence-corrected chi connectivity index (χ2v) is 8.48. The topological polar surface area (TPSA) is 85.2 Å². The Hall–Kier alpha value is -2.47. The lowest BCUT2D eigenvalue weighted by Crippen LogP contribution is -2.17. The summed E-state index contributed by atoms with van der Waals surface area (Å²) >= 11 is 0. The molecule has 6 heteroatoms. The van der Waals surface area contributed by atoms with Gasteiger partial charge in [0.2, 0.25) is 5.75 Å². The van der Waals surface area contributed by atoms with Crippen molar-refractivity contribution in [3.8, 4) is 17.2 Å². The number of esters is 1. The Labute approximate surface area is 179 Å². The molecular weight excluding hydrogens is 384 g/mol. The zero-order valence-corrected chi connectivity index (χ0v) is 18.7. The fourth-order valence-electron chi connectivity index (χ4n) is 3.32. The van der Waals surface area contributed by atoms with E-state index >= 15 is 0 Å². The third-order valence-corrected chi connectivity index (χ3v) is 5.16. The number of carbonyl (C=O) groups excluding carboxylic acids is 1. The number of hydrogen-bond donors (Lipinski definition) is 2. The summed E-state index contributed by atoms with van der Waals surface area (Å²) in [5.74, 6) is -0.0444. The van der Waals surface area contributed by atoms with E-state index in [4.69, 9.17) is 14.2 Å². The molecule has 1 aliphatic rings. The van der Waals surface area contributed by atoms with E-state index in [0.29, 0.717) is 16.9 Å². The van der Waals surface area contributed by atoms with Crippen LogP contribution in [0.2, 0.25) is 0 Å². The molecule has 0 spiro atoms. The predicted molar refractivity (Wildman–Crippen MR) is 116 cm³/mol. The maximum absolute atomic E-state index is 11.7. The summed E-state index contributed by atoms with van der Waals surface area (Å²) in [6.45, 7) is 8.19. The van der Waals surface area contributed by atoms with Crippen molar-refractivity contribution in [1.29, 1.82) is 0 Å². The van der Waals surface area contributed by atoms with E-state index in [-0.39, 0.29) is 24.7 Å². The highest BCUT2D eigenvalue weighted by molar-refractivity contribution is 5.95. The van der Waals surface area contributed by atoms with E-state index in [9.17, 15) is 15.0 Å². The fourth-order valence-corrected chi connectivity index (χ4v) is 3.32. The van der Waals surface area contributed by atoms with Gasteiger partial charge in [0.25, 0.3) is 0 Å². The molecule has 0 amide bonds. The Bertz CT molecular complexity index is 814. The molecule has 1 heterocycles.